The Hall–Kier alpha value is -4.36. The normalized spacial score (nSPS) is 12.2. The summed E-state index contributed by atoms with van der Waals surface area (Å²) in [6, 6.07) is 31.4. The summed E-state index contributed by atoms with van der Waals surface area (Å²) in [6.07, 6.45) is 9.38. The number of hydrogen-bond acceptors (Lipinski definition) is 7. The third kappa shape index (κ3) is 12.8. The number of hydrogen-bond donors (Lipinski definition) is 0. The predicted molar refractivity (Wildman–Crippen MR) is 246 cm³/mol. The minimum absolute atomic E-state index is 0.0309. The van der Waals surface area contributed by atoms with Crippen molar-refractivity contribution in [3.05, 3.63) is 107 Å². The Morgan fingerprint density at radius 1 is 0.439 bits per heavy atom. The lowest BCUT2D eigenvalue weighted by Gasteiger charge is -2.28. The van der Waals surface area contributed by atoms with E-state index in [-0.39, 0.29) is 11.8 Å². The van der Waals surface area contributed by atoms with Gasteiger partial charge in [0.25, 0.3) is 0 Å². The van der Waals surface area contributed by atoms with Crippen LogP contribution in [0, 0.1) is 0 Å². The van der Waals surface area contributed by atoms with Crippen LogP contribution >= 0.6 is 0 Å². The lowest BCUT2D eigenvalue weighted by Crippen LogP contribution is -2.26. The summed E-state index contributed by atoms with van der Waals surface area (Å²) in [5.41, 5.74) is 9.46. The lowest BCUT2D eigenvalue weighted by atomic mass is 9.89. The van der Waals surface area contributed by atoms with Crippen molar-refractivity contribution in [1.82, 2.24) is 0 Å². The third-order valence-corrected chi connectivity index (χ3v) is 11.2. The molecule has 0 amide bonds. The average Bonchev–Trinajstić information content (AvgIpc) is 3.23. The van der Waals surface area contributed by atoms with E-state index >= 15 is 0 Å². The van der Waals surface area contributed by atoms with Gasteiger partial charge >= 0.3 is 0 Å². The summed E-state index contributed by atoms with van der Waals surface area (Å²) in [4.78, 5) is 9.33. The minimum atomic E-state index is -0.0309. The monoisotopic (exact) mass is 779 g/mol. The van der Waals surface area contributed by atoms with Crippen LogP contribution in [0.15, 0.2) is 84.9 Å². The molecule has 0 aromatic heterocycles. The number of ether oxygens (including phenoxy) is 3. The molecule has 0 aliphatic heterocycles. The summed E-state index contributed by atoms with van der Waals surface area (Å²) in [7, 11) is 11.9. The molecule has 4 rings (SSSR count). The Morgan fingerprint density at radius 3 is 1.04 bits per heavy atom. The Kier molecular flexibility index (Phi) is 18.9. The van der Waals surface area contributed by atoms with E-state index in [1.54, 1.807) is 14.2 Å². The van der Waals surface area contributed by atoms with E-state index in [0.29, 0.717) is 13.2 Å². The van der Waals surface area contributed by atoms with Crippen LogP contribution in [0.3, 0.4) is 0 Å². The zero-order valence-electron chi connectivity index (χ0n) is 37.2. The SMILES string of the molecule is CCCCN(CCCC)c1ccc(C(COCC(c2ccc(N(C)C)cc2)c2ccc(N(CCCC)CCCC)cc2OC)c2ccc(N(C)C)cc2)c(OC)c1. The van der Waals surface area contributed by atoms with Gasteiger partial charge in [0.1, 0.15) is 11.5 Å². The fourth-order valence-corrected chi connectivity index (χ4v) is 7.55. The second-order valence-corrected chi connectivity index (χ2v) is 15.9. The van der Waals surface area contributed by atoms with Gasteiger partial charge in [-0.05, 0) is 73.2 Å². The van der Waals surface area contributed by atoms with Crippen molar-refractivity contribution < 1.29 is 14.2 Å². The molecule has 0 fully saturated rings. The molecule has 312 valence electrons. The first kappa shape index (κ1) is 45.3. The Bertz CT molecular complexity index is 1580. The van der Waals surface area contributed by atoms with Gasteiger partial charge in [0.05, 0.1) is 27.4 Å². The van der Waals surface area contributed by atoms with Gasteiger partial charge < -0.3 is 33.8 Å². The molecular weight excluding hydrogens is 705 g/mol. The highest BCUT2D eigenvalue weighted by atomic mass is 16.5. The quantitative estimate of drug-likeness (QED) is 0.0629. The maximum atomic E-state index is 6.95. The van der Waals surface area contributed by atoms with Gasteiger partial charge in [0.2, 0.25) is 0 Å². The van der Waals surface area contributed by atoms with Gasteiger partial charge in [-0.3, -0.25) is 0 Å². The second kappa shape index (κ2) is 23.8. The van der Waals surface area contributed by atoms with Crippen molar-refractivity contribution >= 4 is 22.7 Å². The van der Waals surface area contributed by atoms with Crippen molar-refractivity contribution in [2.24, 2.45) is 0 Å². The van der Waals surface area contributed by atoms with Gasteiger partial charge in [0.15, 0.2) is 0 Å². The molecule has 0 N–H and O–H groups in total. The molecule has 0 aliphatic carbocycles. The topological polar surface area (TPSA) is 40.7 Å². The molecule has 4 aromatic rings. The van der Waals surface area contributed by atoms with Gasteiger partial charge in [-0.1, -0.05) is 89.8 Å². The maximum absolute atomic E-state index is 6.95. The van der Waals surface area contributed by atoms with Crippen LogP contribution in [0.2, 0.25) is 0 Å². The van der Waals surface area contributed by atoms with Crippen LogP contribution in [0.1, 0.15) is 113 Å². The molecule has 7 heteroatoms. The second-order valence-electron chi connectivity index (χ2n) is 15.9. The number of unbranched alkanes of at least 4 members (excludes halogenated alkanes) is 4. The molecule has 0 saturated heterocycles. The smallest absolute Gasteiger partial charge is 0.124 e. The molecule has 7 nitrogen and oxygen atoms in total. The number of anilines is 4. The fourth-order valence-electron chi connectivity index (χ4n) is 7.55. The van der Waals surface area contributed by atoms with Gasteiger partial charge in [0, 0.05) is 112 Å². The van der Waals surface area contributed by atoms with Crippen molar-refractivity contribution in [1.29, 1.82) is 0 Å². The molecule has 4 aromatic carbocycles. The van der Waals surface area contributed by atoms with E-state index in [9.17, 15) is 0 Å². The van der Waals surface area contributed by atoms with Gasteiger partial charge in [-0.2, -0.15) is 0 Å². The summed E-state index contributed by atoms with van der Waals surface area (Å²) >= 11 is 0. The number of benzene rings is 4. The summed E-state index contributed by atoms with van der Waals surface area (Å²) < 4.78 is 19.3. The summed E-state index contributed by atoms with van der Waals surface area (Å²) in [6.45, 7) is 14.3. The molecule has 0 saturated carbocycles. The number of methoxy groups -OCH3 is 2. The predicted octanol–water partition coefficient (Wildman–Crippen LogP) is 11.6. The minimum Gasteiger partial charge on any atom is -0.496 e. The maximum Gasteiger partial charge on any atom is 0.124 e. The number of rotatable bonds is 26. The molecule has 0 radical (unpaired) electrons. The largest absolute Gasteiger partial charge is 0.496 e. The standard InChI is InChI=1S/C50H74N4O3/c1-11-15-31-53(32-16-12-2)43-27-29-45(49(35-43)55-9)47(39-19-23-41(24-20-39)51(5)6)37-57-38-48(40-21-25-42(26-22-40)52(7)8)46-30-28-44(36-50(46)56-10)54(33-17-13-3)34-18-14-4/h19-30,35-36,47-48H,11-18,31-34,37-38H2,1-10H3. The molecule has 0 heterocycles. The van der Waals surface area contributed by atoms with Crippen molar-refractivity contribution in [2.45, 2.75) is 90.9 Å². The molecule has 2 unspecified atom stereocenters. The van der Waals surface area contributed by atoms with Crippen LogP contribution in [0.25, 0.3) is 0 Å². The van der Waals surface area contributed by atoms with Crippen LogP contribution in [-0.2, 0) is 4.74 Å². The zero-order valence-corrected chi connectivity index (χ0v) is 37.2. The van der Waals surface area contributed by atoms with Crippen LogP contribution in [-0.4, -0.2) is 81.8 Å². The molecule has 0 bridgehead atoms. The van der Waals surface area contributed by atoms with Gasteiger partial charge in [-0.15, -0.1) is 0 Å². The van der Waals surface area contributed by atoms with E-state index in [1.807, 2.05) is 0 Å². The zero-order chi connectivity index (χ0) is 41.2. The van der Waals surface area contributed by atoms with Crippen LogP contribution in [0.5, 0.6) is 11.5 Å². The highest BCUT2D eigenvalue weighted by Gasteiger charge is 2.25. The molecular formula is C50H74N4O3. The summed E-state index contributed by atoms with van der Waals surface area (Å²) in [5, 5.41) is 0. The van der Waals surface area contributed by atoms with E-state index < -0.39 is 0 Å². The Balaban J connectivity index is 1.73. The Morgan fingerprint density at radius 2 is 0.754 bits per heavy atom. The third-order valence-electron chi connectivity index (χ3n) is 11.2. The van der Waals surface area contributed by atoms with Crippen molar-refractivity contribution in [3.63, 3.8) is 0 Å². The van der Waals surface area contributed by atoms with E-state index in [2.05, 4.69) is 160 Å². The van der Waals surface area contributed by atoms with E-state index in [4.69, 9.17) is 14.2 Å². The molecule has 2 atom stereocenters. The fraction of sp³-hybridized carbons (Fsp3) is 0.520. The molecule has 57 heavy (non-hydrogen) atoms. The highest BCUT2D eigenvalue weighted by Crippen LogP contribution is 2.39. The van der Waals surface area contributed by atoms with Crippen LogP contribution < -0.4 is 29.1 Å². The Labute approximate surface area is 346 Å². The van der Waals surface area contributed by atoms with E-state index in [1.165, 1.54) is 85.2 Å². The first-order valence-electron chi connectivity index (χ1n) is 21.7. The van der Waals surface area contributed by atoms with Crippen molar-refractivity contribution in [3.8, 4) is 11.5 Å². The van der Waals surface area contributed by atoms with Crippen LogP contribution in [0.4, 0.5) is 22.7 Å². The van der Waals surface area contributed by atoms with Gasteiger partial charge in [-0.25, -0.2) is 0 Å². The first-order chi connectivity index (χ1) is 27.7. The molecule has 0 aliphatic rings. The van der Waals surface area contributed by atoms with E-state index in [0.717, 1.165) is 48.8 Å². The summed E-state index contributed by atoms with van der Waals surface area (Å²) in [5.74, 6) is 1.74. The lowest BCUT2D eigenvalue weighted by molar-refractivity contribution is 0.119. The highest BCUT2D eigenvalue weighted by molar-refractivity contribution is 5.58. The first-order valence-corrected chi connectivity index (χ1v) is 21.7. The number of nitrogens with zero attached hydrogens (tertiary/aromatic N) is 4. The molecule has 0 spiro atoms. The van der Waals surface area contributed by atoms with Crippen molar-refractivity contribution in [2.75, 3.05) is 101 Å². The average molecular weight is 779 g/mol.